The third-order valence-corrected chi connectivity index (χ3v) is 2.67. The molecule has 1 rings (SSSR count). The standard InChI is InChI=1S/C9H9NO3S2/c1-2-13-9(14)15-8-5-3-7(4-6-8)10(11)12/h3-6H,2H2,1H3. The number of nitro groups is 1. The smallest absolute Gasteiger partial charge is 0.269 e. The van der Waals surface area contributed by atoms with E-state index >= 15 is 0 Å². The van der Waals surface area contributed by atoms with E-state index in [0.717, 1.165) is 4.90 Å². The molecule has 0 N–H and O–H groups in total. The second-order valence-corrected chi connectivity index (χ2v) is 4.21. The Bertz CT molecular complexity index is 364. The van der Waals surface area contributed by atoms with Crippen molar-refractivity contribution in [3.63, 3.8) is 0 Å². The molecule has 0 radical (unpaired) electrons. The van der Waals surface area contributed by atoms with Crippen LogP contribution in [0.5, 0.6) is 0 Å². The summed E-state index contributed by atoms with van der Waals surface area (Å²) < 4.78 is 5.51. The first-order valence-corrected chi connectivity index (χ1v) is 5.45. The first-order chi connectivity index (χ1) is 7.13. The SMILES string of the molecule is CCOC(=S)Sc1ccc([N+](=O)[O-])cc1. The summed E-state index contributed by atoms with van der Waals surface area (Å²) in [4.78, 5) is 10.8. The molecule has 0 spiro atoms. The monoisotopic (exact) mass is 243 g/mol. The Morgan fingerprint density at radius 3 is 2.60 bits per heavy atom. The van der Waals surface area contributed by atoms with E-state index in [0.29, 0.717) is 11.0 Å². The van der Waals surface area contributed by atoms with Gasteiger partial charge in [-0.25, -0.2) is 0 Å². The molecule has 0 aromatic heterocycles. The predicted octanol–water partition coefficient (Wildman–Crippen LogP) is 3.01. The number of benzene rings is 1. The lowest BCUT2D eigenvalue weighted by atomic mass is 10.3. The van der Waals surface area contributed by atoms with Crippen LogP contribution in [0.3, 0.4) is 0 Å². The summed E-state index contributed by atoms with van der Waals surface area (Å²) >= 11 is 6.20. The van der Waals surface area contributed by atoms with Crippen LogP contribution >= 0.6 is 24.0 Å². The minimum absolute atomic E-state index is 0.0710. The lowest BCUT2D eigenvalue weighted by molar-refractivity contribution is -0.384. The van der Waals surface area contributed by atoms with Crippen LogP contribution in [0, 0.1) is 10.1 Å². The van der Waals surface area contributed by atoms with Gasteiger partial charge in [0.1, 0.15) is 0 Å². The molecule has 0 heterocycles. The summed E-state index contributed by atoms with van der Waals surface area (Å²) in [6, 6.07) is 6.18. The Morgan fingerprint density at radius 1 is 1.53 bits per heavy atom. The van der Waals surface area contributed by atoms with E-state index in [-0.39, 0.29) is 5.69 Å². The number of nitrogens with zero attached hydrogens (tertiary/aromatic N) is 1. The Morgan fingerprint density at radius 2 is 2.13 bits per heavy atom. The highest BCUT2D eigenvalue weighted by molar-refractivity contribution is 8.22. The van der Waals surface area contributed by atoms with E-state index in [2.05, 4.69) is 0 Å². The molecule has 15 heavy (non-hydrogen) atoms. The molecule has 0 bridgehead atoms. The minimum Gasteiger partial charge on any atom is -0.479 e. The molecule has 0 aliphatic heterocycles. The van der Waals surface area contributed by atoms with Crippen molar-refractivity contribution in [3.05, 3.63) is 34.4 Å². The molecule has 0 aliphatic carbocycles. The number of hydrogen-bond donors (Lipinski definition) is 0. The molecule has 0 atom stereocenters. The molecule has 0 amide bonds. The van der Waals surface area contributed by atoms with Crippen molar-refractivity contribution < 1.29 is 9.66 Å². The number of non-ortho nitro benzene ring substituents is 1. The molecule has 80 valence electrons. The zero-order valence-electron chi connectivity index (χ0n) is 8.00. The molecule has 0 aliphatic rings. The molecular weight excluding hydrogens is 234 g/mol. The summed E-state index contributed by atoms with van der Waals surface area (Å²) in [6.45, 7) is 2.38. The molecule has 0 saturated heterocycles. The molecule has 6 heteroatoms. The maximum Gasteiger partial charge on any atom is 0.269 e. The lowest BCUT2D eigenvalue weighted by Gasteiger charge is -2.03. The molecule has 0 saturated carbocycles. The first kappa shape index (κ1) is 11.9. The number of thioether (sulfide) groups is 1. The maximum absolute atomic E-state index is 10.4. The Kier molecular flexibility index (Phi) is 4.51. The lowest BCUT2D eigenvalue weighted by Crippen LogP contribution is -1.95. The molecule has 1 aromatic rings. The molecule has 1 aromatic carbocycles. The quantitative estimate of drug-likeness (QED) is 0.353. The summed E-state index contributed by atoms with van der Waals surface area (Å²) in [6.07, 6.45) is 0. The van der Waals surface area contributed by atoms with Crippen molar-refractivity contribution >= 4 is 34.0 Å². The van der Waals surface area contributed by atoms with Gasteiger partial charge < -0.3 is 4.74 Å². The summed E-state index contributed by atoms with van der Waals surface area (Å²) in [5.41, 5.74) is 0.0710. The highest BCUT2D eigenvalue weighted by Gasteiger charge is 2.05. The zero-order chi connectivity index (χ0) is 11.3. The summed E-state index contributed by atoms with van der Waals surface area (Å²) in [5, 5.41) is 10.4. The average molecular weight is 243 g/mol. The van der Waals surface area contributed by atoms with Gasteiger partial charge in [-0.05, 0) is 43.0 Å². The molecular formula is C9H9NO3S2. The predicted molar refractivity (Wildman–Crippen MR) is 63.2 cm³/mol. The average Bonchev–Trinajstić information content (AvgIpc) is 2.18. The number of ether oxygens (including phenoxy) is 1. The fourth-order valence-corrected chi connectivity index (χ4v) is 1.93. The second kappa shape index (κ2) is 5.67. The molecule has 0 fully saturated rings. The van der Waals surface area contributed by atoms with Gasteiger partial charge in [-0.2, -0.15) is 0 Å². The van der Waals surface area contributed by atoms with Gasteiger partial charge in [0.2, 0.25) is 4.38 Å². The third-order valence-electron chi connectivity index (χ3n) is 1.51. The van der Waals surface area contributed by atoms with E-state index in [9.17, 15) is 10.1 Å². The number of thiocarbonyl (C=S) groups is 1. The second-order valence-electron chi connectivity index (χ2n) is 2.54. The summed E-state index contributed by atoms with van der Waals surface area (Å²) in [7, 11) is 0. The maximum atomic E-state index is 10.4. The largest absolute Gasteiger partial charge is 0.479 e. The fourth-order valence-electron chi connectivity index (χ4n) is 0.879. The zero-order valence-corrected chi connectivity index (χ0v) is 9.64. The molecule has 0 unspecified atom stereocenters. The van der Waals surface area contributed by atoms with Gasteiger partial charge in [0.15, 0.2) is 0 Å². The van der Waals surface area contributed by atoms with Crippen LogP contribution in [-0.2, 0) is 4.74 Å². The Balaban J connectivity index is 2.64. The highest BCUT2D eigenvalue weighted by Crippen LogP contribution is 2.23. The Labute approximate surface area is 96.8 Å². The van der Waals surface area contributed by atoms with Gasteiger partial charge in [0.25, 0.3) is 5.69 Å². The van der Waals surface area contributed by atoms with Gasteiger partial charge in [-0.1, -0.05) is 0 Å². The van der Waals surface area contributed by atoms with Crippen molar-refractivity contribution in [3.8, 4) is 0 Å². The van der Waals surface area contributed by atoms with Gasteiger partial charge in [-0.3, -0.25) is 10.1 Å². The van der Waals surface area contributed by atoms with Crippen molar-refractivity contribution in [2.75, 3.05) is 6.61 Å². The van der Waals surface area contributed by atoms with E-state index in [1.54, 1.807) is 12.1 Å². The normalized spacial score (nSPS) is 9.67. The van der Waals surface area contributed by atoms with E-state index < -0.39 is 4.92 Å². The van der Waals surface area contributed by atoms with Crippen LogP contribution in [0.4, 0.5) is 5.69 Å². The fraction of sp³-hybridized carbons (Fsp3) is 0.222. The van der Waals surface area contributed by atoms with Crippen LogP contribution in [0.2, 0.25) is 0 Å². The van der Waals surface area contributed by atoms with Crippen LogP contribution in [0.1, 0.15) is 6.92 Å². The van der Waals surface area contributed by atoms with Crippen LogP contribution in [0.15, 0.2) is 29.2 Å². The number of rotatable bonds is 3. The van der Waals surface area contributed by atoms with Gasteiger partial charge >= 0.3 is 0 Å². The van der Waals surface area contributed by atoms with E-state index in [4.69, 9.17) is 17.0 Å². The van der Waals surface area contributed by atoms with Crippen LogP contribution in [0.25, 0.3) is 0 Å². The van der Waals surface area contributed by atoms with Gasteiger partial charge in [0.05, 0.1) is 11.5 Å². The van der Waals surface area contributed by atoms with Crippen molar-refractivity contribution in [2.24, 2.45) is 0 Å². The van der Waals surface area contributed by atoms with E-state index in [1.165, 1.54) is 23.9 Å². The van der Waals surface area contributed by atoms with Gasteiger partial charge in [0, 0.05) is 17.0 Å². The van der Waals surface area contributed by atoms with Crippen LogP contribution in [-0.4, -0.2) is 15.9 Å². The van der Waals surface area contributed by atoms with Crippen LogP contribution < -0.4 is 0 Å². The third kappa shape index (κ3) is 3.85. The van der Waals surface area contributed by atoms with Gasteiger partial charge in [-0.15, -0.1) is 0 Å². The minimum atomic E-state index is -0.435. The summed E-state index contributed by atoms with van der Waals surface area (Å²) in [5.74, 6) is 0. The Hall–Kier alpha value is -1.14. The van der Waals surface area contributed by atoms with Crippen molar-refractivity contribution in [2.45, 2.75) is 11.8 Å². The van der Waals surface area contributed by atoms with Crippen molar-refractivity contribution in [1.29, 1.82) is 0 Å². The number of nitro benzene ring substituents is 1. The topological polar surface area (TPSA) is 52.4 Å². The van der Waals surface area contributed by atoms with E-state index in [1.807, 2.05) is 6.92 Å². The number of hydrogen-bond acceptors (Lipinski definition) is 5. The first-order valence-electron chi connectivity index (χ1n) is 4.22. The van der Waals surface area contributed by atoms with Crippen molar-refractivity contribution in [1.82, 2.24) is 0 Å². The molecule has 4 nitrogen and oxygen atoms in total. The highest BCUT2D eigenvalue weighted by atomic mass is 32.2.